The van der Waals surface area contributed by atoms with Crippen molar-refractivity contribution in [2.24, 2.45) is 0 Å². The van der Waals surface area contributed by atoms with Crippen LogP contribution in [0.5, 0.6) is 0 Å². The van der Waals surface area contributed by atoms with Crippen molar-refractivity contribution in [3.05, 3.63) is 88.5 Å². The fraction of sp³-hybridized carbons (Fsp3) is 0.273. The minimum absolute atomic E-state index is 0.196. The Hall–Kier alpha value is -2.84. The van der Waals surface area contributed by atoms with Gasteiger partial charge in [0.15, 0.2) is 0 Å². The first kappa shape index (κ1) is 22.8. The third kappa shape index (κ3) is 6.08. The molecule has 0 aliphatic rings. The lowest BCUT2D eigenvalue weighted by molar-refractivity contribution is -0.137. The number of alkyl halides is 3. The van der Waals surface area contributed by atoms with Gasteiger partial charge in [0.1, 0.15) is 5.82 Å². The summed E-state index contributed by atoms with van der Waals surface area (Å²) in [7, 11) is 1.55. The Labute approximate surface area is 183 Å². The molecule has 0 unspecified atom stereocenters. The van der Waals surface area contributed by atoms with Gasteiger partial charge in [0, 0.05) is 43.2 Å². The van der Waals surface area contributed by atoms with Crippen molar-refractivity contribution in [3.63, 3.8) is 0 Å². The number of aromatic nitrogens is 2. The molecule has 0 aliphatic carbocycles. The number of benzene rings is 2. The van der Waals surface area contributed by atoms with E-state index in [9.17, 15) is 18.0 Å². The number of amides is 1. The van der Waals surface area contributed by atoms with Gasteiger partial charge in [-0.2, -0.15) is 13.2 Å². The van der Waals surface area contributed by atoms with E-state index in [1.807, 2.05) is 0 Å². The summed E-state index contributed by atoms with van der Waals surface area (Å²) in [6.45, 7) is 1.25. The van der Waals surface area contributed by atoms with E-state index in [4.69, 9.17) is 16.3 Å². The molecule has 1 heterocycles. The Bertz CT molecular complexity index is 1000. The van der Waals surface area contributed by atoms with Crippen molar-refractivity contribution in [2.45, 2.75) is 19.3 Å². The summed E-state index contributed by atoms with van der Waals surface area (Å²) in [5, 5.41) is 0.534. The quantitative estimate of drug-likeness (QED) is 0.490. The zero-order valence-electron chi connectivity index (χ0n) is 16.8. The van der Waals surface area contributed by atoms with E-state index in [0.29, 0.717) is 41.7 Å². The molecule has 0 fully saturated rings. The van der Waals surface area contributed by atoms with Gasteiger partial charge in [-0.15, -0.1) is 0 Å². The van der Waals surface area contributed by atoms with Gasteiger partial charge in [0.05, 0.1) is 18.7 Å². The number of imidazole rings is 1. The first-order valence-electron chi connectivity index (χ1n) is 9.48. The maximum Gasteiger partial charge on any atom is 0.416 e. The zero-order chi connectivity index (χ0) is 22.4. The molecular weight excluding hydrogens is 431 g/mol. The molecule has 0 saturated heterocycles. The second-order valence-corrected chi connectivity index (χ2v) is 7.33. The minimum atomic E-state index is -4.37. The maximum absolute atomic E-state index is 13.0. The van der Waals surface area contributed by atoms with Crippen molar-refractivity contribution in [3.8, 4) is 0 Å². The fourth-order valence-electron chi connectivity index (χ4n) is 3.03. The molecular formula is C22H21ClF3N3O2. The van der Waals surface area contributed by atoms with Crippen LogP contribution in [0.2, 0.25) is 5.02 Å². The summed E-state index contributed by atoms with van der Waals surface area (Å²) in [6, 6.07) is 11.6. The Morgan fingerprint density at radius 3 is 2.42 bits per heavy atom. The molecule has 0 N–H and O–H groups in total. The van der Waals surface area contributed by atoms with E-state index in [-0.39, 0.29) is 12.5 Å². The lowest BCUT2D eigenvalue weighted by Gasteiger charge is -2.23. The molecule has 0 spiro atoms. The minimum Gasteiger partial charge on any atom is -0.383 e. The molecule has 5 nitrogen and oxygen atoms in total. The third-order valence-electron chi connectivity index (χ3n) is 4.71. The van der Waals surface area contributed by atoms with Crippen LogP contribution in [0, 0.1) is 0 Å². The molecule has 0 bridgehead atoms. The topological polar surface area (TPSA) is 47.4 Å². The molecule has 164 valence electrons. The van der Waals surface area contributed by atoms with E-state index in [1.165, 1.54) is 12.1 Å². The normalized spacial score (nSPS) is 11.5. The maximum atomic E-state index is 13.0. The molecule has 0 saturated carbocycles. The highest BCUT2D eigenvalue weighted by molar-refractivity contribution is 6.30. The van der Waals surface area contributed by atoms with E-state index >= 15 is 0 Å². The number of rotatable bonds is 8. The number of ether oxygens (including phenoxy) is 1. The highest BCUT2D eigenvalue weighted by atomic mass is 35.5. The average Bonchev–Trinajstić information content (AvgIpc) is 3.17. The summed E-state index contributed by atoms with van der Waals surface area (Å²) in [5.74, 6) is 0.413. The highest BCUT2D eigenvalue weighted by Gasteiger charge is 2.30. The molecule has 1 amide bonds. The number of hydrogen-bond acceptors (Lipinski definition) is 3. The molecule has 3 aromatic rings. The first-order chi connectivity index (χ1) is 14.8. The van der Waals surface area contributed by atoms with E-state index < -0.39 is 11.7 Å². The van der Waals surface area contributed by atoms with Crippen LogP contribution in [0.1, 0.15) is 27.3 Å². The average molecular weight is 452 g/mol. The van der Waals surface area contributed by atoms with E-state index in [0.717, 1.165) is 12.1 Å². The van der Waals surface area contributed by atoms with Crippen LogP contribution in [-0.4, -0.2) is 40.6 Å². The fourth-order valence-corrected chi connectivity index (χ4v) is 3.16. The van der Waals surface area contributed by atoms with Crippen LogP contribution in [0.25, 0.3) is 0 Å². The second-order valence-electron chi connectivity index (χ2n) is 6.89. The zero-order valence-corrected chi connectivity index (χ0v) is 17.5. The molecule has 0 aliphatic heterocycles. The second kappa shape index (κ2) is 9.98. The predicted molar refractivity (Wildman–Crippen MR) is 111 cm³/mol. The molecule has 31 heavy (non-hydrogen) atoms. The van der Waals surface area contributed by atoms with Crippen LogP contribution in [-0.2, 0) is 24.0 Å². The summed E-state index contributed by atoms with van der Waals surface area (Å²) in [5.41, 5.74) is 0.488. The SMILES string of the molecule is COCCN(Cc1nccn1Cc1ccc(C(F)(F)F)cc1)C(=O)c1ccc(Cl)cc1. The summed E-state index contributed by atoms with van der Waals surface area (Å²) < 4.78 is 45.3. The van der Waals surface area contributed by atoms with E-state index in [2.05, 4.69) is 4.98 Å². The highest BCUT2D eigenvalue weighted by Crippen LogP contribution is 2.29. The molecule has 1 aromatic heterocycles. The lowest BCUT2D eigenvalue weighted by atomic mass is 10.1. The van der Waals surface area contributed by atoms with Crippen LogP contribution in [0.15, 0.2) is 60.9 Å². The van der Waals surface area contributed by atoms with Crippen molar-refractivity contribution < 1.29 is 22.7 Å². The van der Waals surface area contributed by atoms with Crippen molar-refractivity contribution >= 4 is 17.5 Å². The number of hydrogen-bond donors (Lipinski definition) is 0. The van der Waals surface area contributed by atoms with Gasteiger partial charge in [0.2, 0.25) is 0 Å². The van der Waals surface area contributed by atoms with Gasteiger partial charge in [-0.3, -0.25) is 4.79 Å². The number of halogens is 4. The van der Waals surface area contributed by atoms with E-state index in [1.54, 1.807) is 53.2 Å². The smallest absolute Gasteiger partial charge is 0.383 e. The lowest BCUT2D eigenvalue weighted by Crippen LogP contribution is -2.34. The van der Waals surface area contributed by atoms with Gasteiger partial charge in [0.25, 0.3) is 5.91 Å². The standard InChI is InChI=1S/C22H21ClF3N3O2/c1-31-13-12-29(21(30)17-4-8-19(23)9-5-17)15-20-27-10-11-28(20)14-16-2-6-18(7-3-16)22(24,25)26/h2-11H,12-15H2,1H3. The van der Waals surface area contributed by atoms with Crippen molar-refractivity contribution in [1.29, 1.82) is 0 Å². The van der Waals surface area contributed by atoms with Crippen LogP contribution < -0.4 is 0 Å². The number of nitrogens with zero attached hydrogens (tertiary/aromatic N) is 3. The van der Waals surface area contributed by atoms with Gasteiger partial charge in [-0.25, -0.2) is 4.98 Å². The summed E-state index contributed by atoms with van der Waals surface area (Å²) in [4.78, 5) is 18.9. The Morgan fingerprint density at radius 1 is 1.13 bits per heavy atom. The van der Waals surface area contributed by atoms with Crippen molar-refractivity contribution in [2.75, 3.05) is 20.3 Å². The Kier molecular flexibility index (Phi) is 7.35. The monoisotopic (exact) mass is 451 g/mol. The summed E-state index contributed by atoms with van der Waals surface area (Å²) in [6.07, 6.45) is -1.04. The first-order valence-corrected chi connectivity index (χ1v) is 9.85. The van der Waals surface area contributed by atoms with Gasteiger partial charge in [-0.05, 0) is 42.0 Å². The molecule has 3 rings (SSSR count). The Balaban J connectivity index is 1.76. The Morgan fingerprint density at radius 2 is 1.81 bits per heavy atom. The predicted octanol–water partition coefficient (Wildman–Crippen LogP) is 4.89. The number of carbonyl (C=O) groups excluding carboxylic acids is 1. The van der Waals surface area contributed by atoms with Crippen molar-refractivity contribution in [1.82, 2.24) is 14.5 Å². The molecule has 9 heteroatoms. The van der Waals surface area contributed by atoms with Gasteiger partial charge >= 0.3 is 6.18 Å². The molecule has 0 radical (unpaired) electrons. The molecule has 2 aromatic carbocycles. The largest absolute Gasteiger partial charge is 0.416 e. The molecule has 0 atom stereocenters. The van der Waals surface area contributed by atoms with Crippen LogP contribution >= 0.6 is 11.6 Å². The number of carbonyl (C=O) groups is 1. The van der Waals surface area contributed by atoms with Crippen LogP contribution in [0.3, 0.4) is 0 Å². The van der Waals surface area contributed by atoms with Gasteiger partial charge < -0.3 is 14.2 Å². The number of methoxy groups -OCH3 is 1. The van der Waals surface area contributed by atoms with Gasteiger partial charge in [-0.1, -0.05) is 23.7 Å². The summed E-state index contributed by atoms with van der Waals surface area (Å²) >= 11 is 5.91. The van der Waals surface area contributed by atoms with Crippen LogP contribution in [0.4, 0.5) is 13.2 Å². The third-order valence-corrected chi connectivity index (χ3v) is 4.96.